The molecule has 5 heteroatoms. The third kappa shape index (κ3) is 5.34. The summed E-state index contributed by atoms with van der Waals surface area (Å²) in [5.74, 6) is 0.823. The highest BCUT2D eigenvalue weighted by atomic mass is 35.5. The number of hydrogen-bond acceptors (Lipinski definition) is 4. The van der Waals surface area contributed by atoms with E-state index in [1.165, 1.54) is 5.56 Å². The fourth-order valence-electron chi connectivity index (χ4n) is 1.79. The molecule has 0 aliphatic rings. The van der Waals surface area contributed by atoms with Crippen molar-refractivity contribution in [2.24, 2.45) is 0 Å². The van der Waals surface area contributed by atoms with Crippen molar-refractivity contribution in [2.75, 3.05) is 20.3 Å². The third-order valence-electron chi connectivity index (χ3n) is 2.99. The van der Waals surface area contributed by atoms with E-state index >= 15 is 0 Å². The predicted octanol–water partition coefficient (Wildman–Crippen LogP) is 3.05. The number of nitrogens with one attached hydrogen (secondary N) is 1. The average Bonchev–Trinajstić information content (AvgIpc) is 2.52. The summed E-state index contributed by atoms with van der Waals surface area (Å²) in [6, 6.07) is 9.87. The van der Waals surface area contributed by atoms with Gasteiger partial charge in [0.15, 0.2) is 0 Å². The smallest absolute Gasteiger partial charge is 0.119 e. The Balaban J connectivity index is 1.81. The Bertz CT molecular complexity index is 546. The number of ether oxygens (including phenoxy) is 2. The van der Waals surface area contributed by atoms with Gasteiger partial charge in [-0.05, 0) is 23.8 Å². The minimum absolute atomic E-state index is 0.437. The molecular weight excluding hydrogens is 288 g/mol. The number of aromatic nitrogens is 1. The maximum absolute atomic E-state index is 6.04. The number of pyridine rings is 1. The maximum Gasteiger partial charge on any atom is 0.119 e. The molecule has 0 aliphatic carbocycles. The first-order valence-electron chi connectivity index (χ1n) is 6.79. The number of hydrogen-bond donors (Lipinski definition) is 1. The summed E-state index contributed by atoms with van der Waals surface area (Å²) in [5, 5.41) is 3.92. The van der Waals surface area contributed by atoms with Gasteiger partial charge in [0, 0.05) is 38.2 Å². The van der Waals surface area contributed by atoms with Gasteiger partial charge in [0.2, 0.25) is 0 Å². The van der Waals surface area contributed by atoms with E-state index in [-0.39, 0.29) is 0 Å². The fraction of sp³-hybridized carbons (Fsp3) is 0.312. The van der Waals surface area contributed by atoms with E-state index in [1.807, 2.05) is 30.3 Å². The van der Waals surface area contributed by atoms with Gasteiger partial charge in [-0.2, -0.15) is 0 Å². The first kappa shape index (κ1) is 15.8. The molecule has 21 heavy (non-hydrogen) atoms. The number of nitrogens with zero attached hydrogens (tertiary/aromatic N) is 1. The Kier molecular flexibility index (Phi) is 6.47. The highest BCUT2D eigenvalue weighted by Crippen LogP contribution is 2.18. The molecule has 0 unspecified atom stereocenters. The molecule has 2 rings (SSSR count). The van der Waals surface area contributed by atoms with Gasteiger partial charge >= 0.3 is 0 Å². The van der Waals surface area contributed by atoms with Crippen LogP contribution in [0.3, 0.4) is 0 Å². The molecule has 0 atom stereocenters. The molecule has 0 radical (unpaired) electrons. The Hall–Kier alpha value is -1.62. The lowest BCUT2D eigenvalue weighted by molar-refractivity contribution is 0.199. The lowest BCUT2D eigenvalue weighted by Crippen LogP contribution is -2.18. The zero-order valence-electron chi connectivity index (χ0n) is 12.0. The summed E-state index contributed by atoms with van der Waals surface area (Å²) >= 11 is 6.04. The summed E-state index contributed by atoms with van der Waals surface area (Å²) in [4.78, 5) is 3.95. The minimum atomic E-state index is 0.437. The van der Waals surface area contributed by atoms with Crippen LogP contribution in [0, 0.1) is 0 Å². The largest absolute Gasteiger partial charge is 0.489 e. The Morgan fingerprint density at radius 3 is 2.71 bits per heavy atom. The number of rotatable bonds is 8. The van der Waals surface area contributed by atoms with Crippen LogP contribution in [-0.4, -0.2) is 25.2 Å². The predicted molar refractivity (Wildman–Crippen MR) is 83.6 cm³/mol. The highest BCUT2D eigenvalue weighted by molar-refractivity contribution is 6.31. The number of halogens is 1. The van der Waals surface area contributed by atoms with Crippen molar-refractivity contribution < 1.29 is 9.47 Å². The second kappa shape index (κ2) is 8.62. The van der Waals surface area contributed by atoms with E-state index in [0.717, 1.165) is 24.4 Å². The standard InChI is InChI=1S/C16H19ClN2O2/c1-20-9-8-19-10-13-2-4-15(5-3-13)21-12-14-6-7-18-11-16(14)17/h2-7,11,19H,8-10,12H2,1H3. The van der Waals surface area contributed by atoms with Crippen molar-refractivity contribution in [3.05, 3.63) is 58.9 Å². The summed E-state index contributed by atoms with van der Waals surface area (Å²) in [6.07, 6.45) is 3.33. The Labute approximate surface area is 130 Å². The van der Waals surface area contributed by atoms with Gasteiger partial charge in [-0.1, -0.05) is 23.7 Å². The SMILES string of the molecule is COCCNCc1ccc(OCc2ccncc2Cl)cc1. The van der Waals surface area contributed by atoms with E-state index in [4.69, 9.17) is 21.1 Å². The van der Waals surface area contributed by atoms with Gasteiger partial charge < -0.3 is 14.8 Å². The second-order valence-corrected chi connectivity index (χ2v) is 4.98. The molecule has 2 aromatic rings. The van der Waals surface area contributed by atoms with Gasteiger partial charge in [0.25, 0.3) is 0 Å². The number of benzene rings is 1. The van der Waals surface area contributed by atoms with Crippen LogP contribution >= 0.6 is 11.6 Å². The molecular formula is C16H19ClN2O2. The molecule has 1 N–H and O–H groups in total. The molecule has 4 nitrogen and oxygen atoms in total. The Morgan fingerprint density at radius 2 is 2.00 bits per heavy atom. The van der Waals surface area contributed by atoms with Crippen molar-refractivity contribution in [2.45, 2.75) is 13.2 Å². The van der Waals surface area contributed by atoms with Crippen LogP contribution in [0.1, 0.15) is 11.1 Å². The zero-order chi connectivity index (χ0) is 14.9. The van der Waals surface area contributed by atoms with Crippen molar-refractivity contribution in [3.63, 3.8) is 0 Å². The van der Waals surface area contributed by atoms with E-state index in [9.17, 15) is 0 Å². The molecule has 0 bridgehead atoms. The molecule has 0 fully saturated rings. The molecule has 1 aromatic heterocycles. The molecule has 0 saturated carbocycles. The van der Waals surface area contributed by atoms with Crippen LogP contribution < -0.4 is 10.1 Å². The van der Waals surface area contributed by atoms with E-state index < -0.39 is 0 Å². The van der Waals surface area contributed by atoms with E-state index in [0.29, 0.717) is 18.2 Å². The lowest BCUT2D eigenvalue weighted by Gasteiger charge is -2.09. The molecule has 112 valence electrons. The normalized spacial score (nSPS) is 10.6. The van der Waals surface area contributed by atoms with Gasteiger partial charge in [-0.25, -0.2) is 0 Å². The minimum Gasteiger partial charge on any atom is -0.489 e. The Morgan fingerprint density at radius 1 is 1.19 bits per heavy atom. The average molecular weight is 307 g/mol. The summed E-state index contributed by atoms with van der Waals surface area (Å²) in [5.41, 5.74) is 2.14. The molecule has 0 saturated heterocycles. The van der Waals surface area contributed by atoms with Crippen molar-refractivity contribution in [3.8, 4) is 5.75 Å². The van der Waals surface area contributed by atoms with Gasteiger partial charge in [0.1, 0.15) is 12.4 Å². The summed E-state index contributed by atoms with van der Waals surface area (Å²) in [6.45, 7) is 2.82. The first-order chi connectivity index (χ1) is 10.3. The highest BCUT2D eigenvalue weighted by Gasteiger charge is 2.01. The molecule has 0 amide bonds. The van der Waals surface area contributed by atoms with Crippen molar-refractivity contribution >= 4 is 11.6 Å². The third-order valence-corrected chi connectivity index (χ3v) is 3.33. The van der Waals surface area contributed by atoms with Crippen LogP contribution in [0.5, 0.6) is 5.75 Å². The fourth-order valence-corrected chi connectivity index (χ4v) is 1.97. The quantitative estimate of drug-likeness (QED) is 0.761. The maximum atomic E-state index is 6.04. The van der Waals surface area contributed by atoms with Crippen LogP contribution in [0.2, 0.25) is 5.02 Å². The number of methoxy groups -OCH3 is 1. The van der Waals surface area contributed by atoms with E-state index in [2.05, 4.69) is 10.3 Å². The van der Waals surface area contributed by atoms with Crippen LogP contribution in [0.15, 0.2) is 42.7 Å². The summed E-state index contributed by atoms with van der Waals surface area (Å²) < 4.78 is 10.7. The monoisotopic (exact) mass is 306 g/mol. The second-order valence-electron chi connectivity index (χ2n) is 4.57. The van der Waals surface area contributed by atoms with Crippen molar-refractivity contribution in [1.82, 2.24) is 10.3 Å². The van der Waals surface area contributed by atoms with Crippen LogP contribution in [0.4, 0.5) is 0 Å². The van der Waals surface area contributed by atoms with E-state index in [1.54, 1.807) is 19.5 Å². The molecule has 1 aromatic carbocycles. The molecule has 0 aliphatic heterocycles. The van der Waals surface area contributed by atoms with Gasteiger partial charge in [-0.15, -0.1) is 0 Å². The summed E-state index contributed by atoms with van der Waals surface area (Å²) in [7, 11) is 1.70. The first-order valence-corrected chi connectivity index (χ1v) is 7.17. The van der Waals surface area contributed by atoms with Crippen LogP contribution in [0.25, 0.3) is 0 Å². The lowest BCUT2D eigenvalue weighted by atomic mass is 10.2. The topological polar surface area (TPSA) is 43.4 Å². The van der Waals surface area contributed by atoms with Crippen molar-refractivity contribution in [1.29, 1.82) is 0 Å². The van der Waals surface area contributed by atoms with Gasteiger partial charge in [-0.3, -0.25) is 4.98 Å². The van der Waals surface area contributed by atoms with Gasteiger partial charge in [0.05, 0.1) is 11.6 Å². The van der Waals surface area contributed by atoms with Crippen LogP contribution in [-0.2, 0) is 17.9 Å². The zero-order valence-corrected chi connectivity index (χ0v) is 12.8. The molecule has 1 heterocycles. The molecule has 0 spiro atoms.